The van der Waals surface area contributed by atoms with Crippen molar-refractivity contribution in [2.45, 2.75) is 12.8 Å². The van der Waals surface area contributed by atoms with E-state index in [1.54, 1.807) is 0 Å². The van der Waals surface area contributed by atoms with Crippen LogP contribution >= 0.6 is 44.8 Å². The Morgan fingerprint density at radius 2 is 1.15 bits per heavy atom. The summed E-state index contributed by atoms with van der Waals surface area (Å²) in [6, 6.07) is 16.2. The Balaban J connectivity index is 1.60. The number of aryl methyl sites for hydroxylation is 2. The molecule has 0 fully saturated rings. The van der Waals surface area contributed by atoms with Crippen LogP contribution in [0.25, 0.3) is 0 Å². The minimum Gasteiger partial charge on any atom is -0.0938 e. The summed E-state index contributed by atoms with van der Waals surface area (Å²) in [4.78, 5) is 0. The quantitative estimate of drug-likeness (QED) is 0.436. The fourth-order valence-corrected chi connectivity index (χ4v) is 4.33. The summed E-state index contributed by atoms with van der Waals surface area (Å²) >= 11 is 11.9. The average molecular weight is 343 g/mol. The Hall–Kier alpha value is -0.280. The minimum absolute atomic E-state index is 0.820. The number of benzene rings is 2. The molecule has 0 saturated heterocycles. The van der Waals surface area contributed by atoms with Gasteiger partial charge in [0, 0.05) is 21.6 Å². The van der Waals surface area contributed by atoms with Crippen molar-refractivity contribution in [1.29, 1.82) is 0 Å². The van der Waals surface area contributed by atoms with E-state index in [0.717, 1.165) is 34.4 Å². The lowest BCUT2D eigenvalue weighted by Crippen LogP contribution is -1.89. The Kier molecular flexibility index (Phi) is 7.15. The van der Waals surface area contributed by atoms with Crippen LogP contribution in [0.3, 0.4) is 0 Å². The normalized spacial score (nSPS) is 10.7. The van der Waals surface area contributed by atoms with Crippen molar-refractivity contribution in [3.05, 3.63) is 69.7 Å². The molecule has 0 bridgehead atoms. The third-order valence-electron chi connectivity index (χ3n) is 2.81. The molecule has 4 heteroatoms. The van der Waals surface area contributed by atoms with Gasteiger partial charge in [0.25, 0.3) is 0 Å². The summed E-state index contributed by atoms with van der Waals surface area (Å²) in [6.07, 6.45) is 2.13. The lowest BCUT2D eigenvalue weighted by atomic mass is 10.2. The van der Waals surface area contributed by atoms with Crippen LogP contribution in [0.1, 0.15) is 11.1 Å². The van der Waals surface area contributed by atoms with Crippen LogP contribution in [0, 0.1) is 0 Å². The molecular formula is C16H16Cl2S2. The lowest BCUT2D eigenvalue weighted by Gasteiger charge is -2.03. The predicted octanol–water partition coefficient (Wildman–Crippen LogP) is 6.16. The average Bonchev–Trinajstić information content (AvgIpc) is 2.43. The van der Waals surface area contributed by atoms with Gasteiger partial charge < -0.3 is 0 Å². The van der Waals surface area contributed by atoms with Gasteiger partial charge in [0.2, 0.25) is 0 Å². The Morgan fingerprint density at radius 1 is 0.700 bits per heavy atom. The van der Waals surface area contributed by atoms with Crippen LogP contribution < -0.4 is 0 Å². The summed E-state index contributed by atoms with van der Waals surface area (Å²) in [6.45, 7) is 0. The largest absolute Gasteiger partial charge is 0.0938 e. The van der Waals surface area contributed by atoms with E-state index >= 15 is 0 Å². The van der Waals surface area contributed by atoms with Gasteiger partial charge in [-0.05, 0) is 48.2 Å². The van der Waals surface area contributed by atoms with Crippen LogP contribution in [0.2, 0.25) is 10.0 Å². The van der Waals surface area contributed by atoms with E-state index in [9.17, 15) is 0 Å². The van der Waals surface area contributed by atoms with Gasteiger partial charge in [-0.25, -0.2) is 0 Å². The molecule has 0 nitrogen and oxygen atoms in total. The minimum atomic E-state index is 0.820. The molecule has 0 aromatic heterocycles. The highest BCUT2D eigenvalue weighted by Gasteiger charge is 1.98. The van der Waals surface area contributed by atoms with E-state index in [-0.39, 0.29) is 0 Å². The maximum Gasteiger partial charge on any atom is 0.0408 e. The molecule has 2 aromatic rings. The van der Waals surface area contributed by atoms with Gasteiger partial charge in [-0.2, -0.15) is 0 Å². The molecule has 0 aliphatic heterocycles. The zero-order valence-electron chi connectivity index (χ0n) is 11.0. The first kappa shape index (κ1) is 16.1. The van der Waals surface area contributed by atoms with Crippen molar-refractivity contribution in [3.63, 3.8) is 0 Å². The second-order valence-corrected chi connectivity index (χ2v) is 7.98. The van der Waals surface area contributed by atoms with Crippen molar-refractivity contribution in [2.75, 3.05) is 11.5 Å². The fourth-order valence-electron chi connectivity index (χ4n) is 1.82. The monoisotopic (exact) mass is 342 g/mol. The van der Waals surface area contributed by atoms with Crippen molar-refractivity contribution in [2.24, 2.45) is 0 Å². The standard InChI is InChI=1S/C16H16Cl2S2/c17-15-5-1-3-13(11-15)7-9-19-20-10-8-14-4-2-6-16(18)12-14/h1-6,11-12H,7-10H2. The molecule has 0 atom stereocenters. The van der Waals surface area contributed by atoms with Crippen molar-refractivity contribution < 1.29 is 0 Å². The topological polar surface area (TPSA) is 0 Å². The smallest absolute Gasteiger partial charge is 0.0408 e. The van der Waals surface area contributed by atoms with E-state index in [2.05, 4.69) is 12.1 Å². The Bertz CT molecular complexity index is 494. The second-order valence-electron chi connectivity index (χ2n) is 4.40. The SMILES string of the molecule is Clc1cccc(CCSSCCc2cccc(Cl)c2)c1. The van der Waals surface area contributed by atoms with E-state index in [1.165, 1.54) is 11.1 Å². The zero-order valence-corrected chi connectivity index (χ0v) is 14.2. The summed E-state index contributed by atoms with van der Waals surface area (Å²) in [5.74, 6) is 2.22. The van der Waals surface area contributed by atoms with Gasteiger partial charge in [-0.1, -0.05) is 69.1 Å². The molecular weight excluding hydrogens is 327 g/mol. The van der Waals surface area contributed by atoms with E-state index in [4.69, 9.17) is 23.2 Å². The first-order chi connectivity index (χ1) is 9.74. The highest BCUT2D eigenvalue weighted by molar-refractivity contribution is 8.76. The second kappa shape index (κ2) is 8.89. The highest BCUT2D eigenvalue weighted by atomic mass is 35.5. The summed E-state index contributed by atoms with van der Waals surface area (Å²) in [5.41, 5.74) is 2.61. The van der Waals surface area contributed by atoms with E-state index < -0.39 is 0 Å². The molecule has 0 saturated carbocycles. The first-order valence-corrected chi connectivity index (χ1v) is 9.72. The van der Waals surface area contributed by atoms with Crippen LogP contribution in [0.4, 0.5) is 0 Å². The summed E-state index contributed by atoms with van der Waals surface area (Å²) in [7, 11) is 3.84. The molecule has 0 heterocycles. The van der Waals surface area contributed by atoms with Crippen LogP contribution in [0.15, 0.2) is 48.5 Å². The maximum atomic E-state index is 5.97. The van der Waals surface area contributed by atoms with Crippen LogP contribution in [-0.2, 0) is 12.8 Å². The van der Waals surface area contributed by atoms with Crippen molar-refractivity contribution in [3.8, 4) is 0 Å². The van der Waals surface area contributed by atoms with Gasteiger partial charge in [0.15, 0.2) is 0 Å². The fraction of sp³-hybridized carbons (Fsp3) is 0.250. The van der Waals surface area contributed by atoms with Crippen molar-refractivity contribution in [1.82, 2.24) is 0 Å². The zero-order chi connectivity index (χ0) is 14.2. The van der Waals surface area contributed by atoms with E-state index in [0.29, 0.717) is 0 Å². The van der Waals surface area contributed by atoms with Crippen LogP contribution in [0.5, 0.6) is 0 Å². The van der Waals surface area contributed by atoms with Crippen molar-refractivity contribution >= 4 is 44.8 Å². The molecule has 0 aliphatic rings. The highest BCUT2D eigenvalue weighted by Crippen LogP contribution is 2.24. The van der Waals surface area contributed by atoms with Gasteiger partial charge in [0.1, 0.15) is 0 Å². The predicted molar refractivity (Wildman–Crippen MR) is 95.2 cm³/mol. The molecule has 0 radical (unpaired) electrons. The van der Waals surface area contributed by atoms with Crippen LogP contribution in [-0.4, -0.2) is 11.5 Å². The number of hydrogen-bond donors (Lipinski definition) is 0. The molecule has 0 N–H and O–H groups in total. The third-order valence-corrected chi connectivity index (χ3v) is 5.69. The summed E-state index contributed by atoms with van der Waals surface area (Å²) in [5, 5.41) is 1.64. The molecule has 0 amide bonds. The van der Waals surface area contributed by atoms with Gasteiger partial charge in [-0.15, -0.1) is 0 Å². The Morgan fingerprint density at radius 3 is 1.55 bits per heavy atom. The molecule has 0 aliphatic carbocycles. The Labute approximate surface area is 138 Å². The molecule has 0 unspecified atom stereocenters. The van der Waals surface area contributed by atoms with Gasteiger partial charge >= 0.3 is 0 Å². The lowest BCUT2D eigenvalue weighted by molar-refractivity contribution is 1.16. The molecule has 106 valence electrons. The number of rotatable bonds is 7. The molecule has 2 rings (SSSR count). The molecule has 0 spiro atoms. The number of hydrogen-bond acceptors (Lipinski definition) is 2. The van der Waals surface area contributed by atoms with E-state index in [1.807, 2.05) is 58.0 Å². The first-order valence-electron chi connectivity index (χ1n) is 6.47. The molecule has 2 aromatic carbocycles. The van der Waals surface area contributed by atoms with Gasteiger partial charge in [0.05, 0.1) is 0 Å². The number of halogens is 2. The maximum absolute atomic E-state index is 5.97. The van der Waals surface area contributed by atoms with Gasteiger partial charge in [-0.3, -0.25) is 0 Å². The summed E-state index contributed by atoms with van der Waals surface area (Å²) < 4.78 is 0. The third kappa shape index (κ3) is 6.01. The molecule has 20 heavy (non-hydrogen) atoms.